The molecule has 0 aromatic rings. The van der Waals surface area contributed by atoms with Crippen molar-refractivity contribution < 1.29 is 10.0 Å². The van der Waals surface area contributed by atoms with E-state index >= 15 is 0 Å². The summed E-state index contributed by atoms with van der Waals surface area (Å²) in [7, 11) is 1.63. The monoisotopic (exact) mass is 205 g/mol. The summed E-state index contributed by atoms with van der Waals surface area (Å²) in [4.78, 5) is 12.7. The van der Waals surface area contributed by atoms with Crippen LogP contribution >= 0.6 is 11.8 Å². The molecule has 6 heteroatoms. The Labute approximate surface area is 82.0 Å². The van der Waals surface area contributed by atoms with Gasteiger partial charge >= 0.3 is 0 Å². The van der Waals surface area contributed by atoms with E-state index in [1.807, 2.05) is 6.26 Å². The van der Waals surface area contributed by atoms with Crippen LogP contribution in [0.3, 0.4) is 0 Å². The fraction of sp³-hybridized carbons (Fsp3) is 0.714. The summed E-state index contributed by atoms with van der Waals surface area (Å²) >= 11 is 1.61. The minimum atomic E-state index is 0.000880. The molecule has 0 aromatic carbocycles. The Balaban J connectivity index is 3.82. The van der Waals surface area contributed by atoms with Gasteiger partial charge in [-0.3, -0.25) is 4.79 Å². The molecule has 0 bridgehead atoms. The Morgan fingerprint density at radius 3 is 2.77 bits per heavy atom. The van der Waals surface area contributed by atoms with Crippen LogP contribution in [0.4, 0.5) is 0 Å². The van der Waals surface area contributed by atoms with E-state index in [2.05, 4.69) is 5.16 Å². The molecule has 5 nitrogen and oxygen atoms in total. The molecule has 0 unspecified atom stereocenters. The van der Waals surface area contributed by atoms with Crippen molar-refractivity contribution in [2.75, 3.05) is 25.6 Å². The van der Waals surface area contributed by atoms with Crippen LogP contribution in [0.1, 0.15) is 6.42 Å². The van der Waals surface area contributed by atoms with E-state index in [1.165, 1.54) is 4.90 Å². The van der Waals surface area contributed by atoms with Crippen LogP contribution in [0.2, 0.25) is 0 Å². The number of oxime groups is 1. The molecule has 76 valence electrons. The van der Waals surface area contributed by atoms with E-state index < -0.39 is 0 Å². The minimum Gasteiger partial charge on any atom is -0.409 e. The van der Waals surface area contributed by atoms with E-state index in [-0.39, 0.29) is 18.3 Å². The van der Waals surface area contributed by atoms with E-state index in [0.29, 0.717) is 6.42 Å². The highest BCUT2D eigenvalue weighted by atomic mass is 32.2. The van der Waals surface area contributed by atoms with Crippen LogP contribution in [0.5, 0.6) is 0 Å². The smallest absolute Gasteiger partial charge is 0.223 e. The molecule has 0 spiro atoms. The van der Waals surface area contributed by atoms with Crippen LogP contribution in [0.25, 0.3) is 0 Å². The van der Waals surface area contributed by atoms with E-state index in [0.717, 1.165) is 5.75 Å². The summed E-state index contributed by atoms with van der Waals surface area (Å²) in [5, 5.41) is 11.0. The zero-order valence-corrected chi connectivity index (χ0v) is 8.67. The second-order valence-electron chi connectivity index (χ2n) is 2.58. The number of rotatable bonds is 5. The van der Waals surface area contributed by atoms with Crippen LogP contribution < -0.4 is 5.73 Å². The van der Waals surface area contributed by atoms with Crippen molar-refractivity contribution in [1.82, 2.24) is 4.90 Å². The summed E-state index contributed by atoms with van der Waals surface area (Å²) in [5.41, 5.74) is 5.24. The largest absolute Gasteiger partial charge is 0.409 e. The van der Waals surface area contributed by atoms with Crippen molar-refractivity contribution >= 4 is 23.5 Å². The maximum absolute atomic E-state index is 11.3. The molecule has 0 atom stereocenters. The number of hydrogen-bond acceptors (Lipinski definition) is 4. The lowest BCUT2D eigenvalue weighted by Crippen LogP contribution is -2.35. The molecule has 0 heterocycles. The minimum absolute atomic E-state index is 0.000880. The van der Waals surface area contributed by atoms with E-state index in [4.69, 9.17) is 10.9 Å². The molecule has 0 saturated carbocycles. The molecule has 0 fully saturated rings. The van der Waals surface area contributed by atoms with Gasteiger partial charge in [0.1, 0.15) is 0 Å². The van der Waals surface area contributed by atoms with Gasteiger partial charge in [-0.2, -0.15) is 11.8 Å². The van der Waals surface area contributed by atoms with Crippen molar-refractivity contribution in [3.8, 4) is 0 Å². The van der Waals surface area contributed by atoms with Gasteiger partial charge < -0.3 is 15.8 Å². The van der Waals surface area contributed by atoms with Gasteiger partial charge in [-0.1, -0.05) is 5.16 Å². The standard InChI is InChI=1S/C7H15N3O2S/c1-10(5-6(8)9-12)7(11)3-4-13-2/h12H,3-5H2,1-2H3,(H2,8,9). The SMILES string of the molecule is CSCCC(=O)N(C)CC(N)=NO. The van der Waals surface area contributed by atoms with Crippen LogP contribution in [-0.4, -0.2) is 47.5 Å². The van der Waals surface area contributed by atoms with Crippen molar-refractivity contribution in [2.24, 2.45) is 10.9 Å². The van der Waals surface area contributed by atoms with Gasteiger partial charge in [0, 0.05) is 19.2 Å². The number of hydrogen-bond donors (Lipinski definition) is 2. The van der Waals surface area contributed by atoms with Gasteiger partial charge in [-0.05, 0) is 6.26 Å². The number of nitrogens with two attached hydrogens (primary N) is 1. The lowest BCUT2D eigenvalue weighted by Gasteiger charge is -2.15. The number of amidine groups is 1. The molecular weight excluding hydrogens is 190 g/mol. The zero-order chi connectivity index (χ0) is 10.3. The number of likely N-dealkylation sites (N-methyl/N-ethyl adjacent to an activating group) is 1. The molecule has 3 N–H and O–H groups in total. The molecule has 0 aliphatic carbocycles. The highest BCUT2D eigenvalue weighted by Gasteiger charge is 2.09. The highest BCUT2D eigenvalue weighted by Crippen LogP contribution is 1.98. The maximum Gasteiger partial charge on any atom is 0.223 e. The average molecular weight is 205 g/mol. The van der Waals surface area contributed by atoms with Gasteiger partial charge in [-0.25, -0.2) is 0 Å². The van der Waals surface area contributed by atoms with Crippen molar-refractivity contribution in [1.29, 1.82) is 0 Å². The number of amides is 1. The second-order valence-corrected chi connectivity index (χ2v) is 3.57. The summed E-state index contributed by atoms with van der Waals surface area (Å²) in [6.07, 6.45) is 2.42. The third-order valence-electron chi connectivity index (χ3n) is 1.47. The van der Waals surface area contributed by atoms with Crippen LogP contribution in [0, 0.1) is 0 Å². The van der Waals surface area contributed by atoms with Crippen molar-refractivity contribution in [2.45, 2.75) is 6.42 Å². The first-order valence-electron chi connectivity index (χ1n) is 3.81. The first-order chi connectivity index (χ1) is 6.11. The van der Waals surface area contributed by atoms with Crippen molar-refractivity contribution in [3.63, 3.8) is 0 Å². The van der Waals surface area contributed by atoms with E-state index in [9.17, 15) is 4.79 Å². The van der Waals surface area contributed by atoms with Crippen LogP contribution in [-0.2, 0) is 4.79 Å². The second kappa shape index (κ2) is 6.59. The highest BCUT2D eigenvalue weighted by molar-refractivity contribution is 7.98. The normalized spacial score (nSPS) is 11.4. The molecule has 13 heavy (non-hydrogen) atoms. The average Bonchev–Trinajstić information content (AvgIpc) is 2.13. The maximum atomic E-state index is 11.3. The Hall–Kier alpha value is -0.910. The zero-order valence-electron chi connectivity index (χ0n) is 7.86. The van der Waals surface area contributed by atoms with Gasteiger partial charge in [0.2, 0.25) is 5.91 Å². The fourth-order valence-corrected chi connectivity index (χ4v) is 1.12. The topological polar surface area (TPSA) is 78.9 Å². The molecule has 0 rings (SSSR count). The lowest BCUT2D eigenvalue weighted by atomic mass is 10.4. The number of carbonyl (C=O) groups is 1. The molecule has 0 aliphatic rings. The third-order valence-corrected chi connectivity index (χ3v) is 2.09. The fourth-order valence-electron chi connectivity index (χ4n) is 0.743. The summed E-state index contributed by atoms with van der Waals surface area (Å²) in [6, 6.07) is 0. The van der Waals surface area contributed by atoms with E-state index in [1.54, 1.807) is 18.8 Å². The summed E-state index contributed by atoms with van der Waals surface area (Å²) in [6.45, 7) is 0.170. The quantitative estimate of drug-likeness (QED) is 0.285. The summed E-state index contributed by atoms with van der Waals surface area (Å²) in [5.74, 6) is 0.834. The molecule has 0 aliphatic heterocycles. The van der Waals surface area contributed by atoms with Gasteiger partial charge in [0.15, 0.2) is 5.84 Å². The molecular formula is C7H15N3O2S. The molecule has 0 aromatic heterocycles. The van der Waals surface area contributed by atoms with Gasteiger partial charge in [-0.15, -0.1) is 0 Å². The summed E-state index contributed by atoms with van der Waals surface area (Å²) < 4.78 is 0. The predicted molar refractivity (Wildman–Crippen MR) is 54.0 cm³/mol. The van der Waals surface area contributed by atoms with Gasteiger partial charge in [0.25, 0.3) is 0 Å². The Kier molecular flexibility index (Phi) is 6.13. The molecule has 1 amide bonds. The Morgan fingerprint density at radius 1 is 1.69 bits per heavy atom. The Morgan fingerprint density at radius 2 is 2.31 bits per heavy atom. The molecule has 0 saturated heterocycles. The number of thioether (sulfide) groups is 1. The van der Waals surface area contributed by atoms with Gasteiger partial charge in [0.05, 0.1) is 6.54 Å². The predicted octanol–water partition coefficient (Wildman–Crippen LogP) is -0.0557. The Bertz CT molecular complexity index is 196. The molecule has 0 radical (unpaired) electrons. The van der Waals surface area contributed by atoms with Crippen molar-refractivity contribution in [3.05, 3.63) is 0 Å². The number of nitrogens with zero attached hydrogens (tertiary/aromatic N) is 2. The third kappa shape index (κ3) is 5.35. The van der Waals surface area contributed by atoms with Crippen LogP contribution in [0.15, 0.2) is 5.16 Å². The first kappa shape index (κ1) is 12.1. The number of carbonyl (C=O) groups excluding carboxylic acids is 1. The first-order valence-corrected chi connectivity index (χ1v) is 5.20. The lowest BCUT2D eigenvalue weighted by molar-refractivity contribution is -0.128.